The predicted octanol–water partition coefficient (Wildman–Crippen LogP) is 1.47. The van der Waals surface area contributed by atoms with Crippen LogP contribution in [0.25, 0.3) is 0 Å². The molecule has 1 aliphatic carbocycles. The number of aryl methyl sites for hydroxylation is 2. The summed E-state index contributed by atoms with van der Waals surface area (Å²) in [5.41, 5.74) is 0.161. The molecular formula is C15H19NO5. The highest BCUT2D eigenvalue weighted by Crippen LogP contribution is 2.17. The van der Waals surface area contributed by atoms with Gasteiger partial charge in [0.2, 0.25) is 0 Å². The number of amides is 1. The normalized spacial score (nSPS) is 15.0. The molecule has 1 saturated carbocycles. The smallest absolute Gasteiger partial charge is 0.342 e. The van der Waals surface area contributed by atoms with Crippen LogP contribution in [-0.4, -0.2) is 24.5 Å². The first-order valence-corrected chi connectivity index (χ1v) is 7.05. The first-order chi connectivity index (χ1) is 9.97. The highest BCUT2D eigenvalue weighted by Gasteiger charge is 2.20. The summed E-state index contributed by atoms with van der Waals surface area (Å²) < 4.78 is 9.86. The van der Waals surface area contributed by atoms with Gasteiger partial charge in [0.15, 0.2) is 6.61 Å². The number of hydrogen-bond acceptors (Lipinski definition) is 5. The van der Waals surface area contributed by atoms with E-state index in [-0.39, 0.29) is 29.9 Å². The molecule has 2 rings (SSSR count). The molecule has 0 aromatic carbocycles. The van der Waals surface area contributed by atoms with Crippen molar-refractivity contribution < 1.29 is 18.7 Å². The van der Waals surface area contributed by atoms with E-state index >= 15 is 0 Å². The molecule has 1 fully saturated rings. The number of esters is 1. The summed E-state index contributed by atoms with van der Waals surface area (Å²) in [7, 11) is 0. The van der Waals surface area contributed by atoms with Crippen molar-refractivity contribution in [3.05, 3.63) is 33.4 Å². The monoisotopic (exact) mass is 293 g/mol. The van der Waals surface area contributed by atoms with E-state index in [1.54, 1.807) is 6.92 Å². The van der Waals surface area contributed by atoms with Crippen LogP contribution in [0.4, 0.5) is 0 Å². The summed E-state index contributed by atoms with van der Waals surface area (Å²) in [6, 6.07) is 1.41. The van der Waals surface area contributed by atoms with Gasteiger partial charge in [0.05, 0.1) is 0 Å². The zero-order chi connectivity index (χ0) is 15.4. The molecule has 1 amide bonds. The Bertz CT molecular complexity index is 572. The van der Waals surface area contributed by atoms with Crippen molar-refractivity contribution >= 4 is 11.9 Å². The molecule has 0 unspecified atom stereocenters. The summed E-state index contributed by atoms with van der Waals surface area (Å²) >= 11 is 0. The first-order valence-electron chi connectivity index (χ1n) is 7.05. The fourth-order valence-electron chi connectivity index (χ4n) is 2.61. The lowest BCUT2D eigenvalue weighted by atomic mass is 10.1. The Morgan fingerprint density at radius 3 is 2.62 bits per heavy atom. The second-order valence-electron chi connectivity index (χ2n) is 5.30. The zero-order valence-corrected chi connectivity index (χ0v) is 12.2. The maximum absolute atomic E-state index is 12.0. The van der Waals surface area contributed by atoms with Crippen molar-refractivity contribution in [2.24, 2.45) is 0 Å². The van der Waals surface area contributed by atoms with Gasteiger partial charge in [0.25, 0.3) is 5.91 Å². The molecule has 0 aliphatic heterocycles. The van der Waals surface area contributed by atoms with Crippen LogP contribution < -0.4 is 10.9 Å². The van der Waals surface area contributed by atoms with E-state index in [4.69, 9.17) is 9.15 Å². The van der Waals surface area contributed by atoms with E-state index in [0.717, 1.165) is 25.7 Å². The first kappa shape index (κ1) is 15.3. The second-order valence-corrected chi connectivity index (χ2v) is 5.30. The Morgan fingerprint density at radius 2 is 2.00 bits per heavy atom. The van der Waals surface area contributed by atoms with Gasteiger partial charge < -0.3 is 14.5 Å². The van der Waals surface area contributed by atoms with Crippen LogP contribution >= 0.6 is 0 Å². The van der Waals surface area contributed by atoms with Gasteiger partial charge >= 0.3 is 11.6 Å². The molecule has 21 heavy (non-hydrogen) atoms. The summed E-state index contributed by atoms with van der Waals surface area (Å²) in [6.45, 7) is 2.82. The minimum Gasteiger partial charge on any atom is -0.452 e. The Labute approximate surface area is 122 Å². The molecule has 0 atom stereocenters. The summed E-state index contributed by atoms with van der Waals surface area (Å²) in [4.78, 5) is 34.8. The lowest BCUT2D eigenvalue weighted by Crippen LogP contribution is -2.36. The van der Waals surface area contributed by atoms with Gasteiger partial charge in [-0.2, -0.15) is 0 Å². The van der Waals surface area contributed by atoms with Crippen LogP contribution in [0.1, 0.15) is 47.4 Å². The van der Waals surface area contributed by atoms with Crippen molar-refractivity contribution in [3.8, 4) is 0 Å². The average Bonchev–Trinajstić information content (AvgIpc) is 2.88. The fourth-order valence-corrected chi connectivity index (χ4v) is 2.61. The van der Waals surface area contributed by atoms with Gasteiger partial charge in [-0.1, -0.05) is 12.8 Å². The Kier molecular flexibility index (Phi) is 4.77. The third kappa shape index (κ3) is 3.93. The van der Waals surface area contributed by atoms with Crippen LogP contribution in [0.3, 0.4) is 0 Å². The molecule has 0 saturated heterocycles. The lowest BCUT2D eigenvalue weighted by molar-refractivity contribution is -0.124. The second kappa shape index (κ2) is 6.56. The minimum absolute atomic E-state index is 0.189. The Hall–Kier alpha value is -2.11. The lowest BCUT2D eigenvalue weighted by Gasteiger charge is -2.12. The summed E-state index contributed by atoms with van der Waals surface area (Å²) in [6.07, 6.45) is 4.18. The van der Waals surface area contributed by atoms with Crippen LogP contribution in [0.5, 0.6) is 0 Å². The van der Waals surface area contributed by atoms with E-state index in [1.165, 1.54) is 13.0 Å². The summed E-state index contributed by atoms with van der Waals surface area (Å²) in [5.74, 6) is -0.764. The van der Waals surface area contributed by atoms with Gasteiger partial charge in [-0.05, 0) is 32.3 Å². The fraction of sp³-hybridized carbons (Fsp3) is 0.533. The maximum atomic E-state index is 12.0. The highest BCUT2D eigenvalue weighted by atomic mass is 16.5. The van der Waals surface area contributed by atoms with Crippen molar-refractivity contribution in [1.29, 1.82) is 0 Å². The Balaban J connectivity index is 1.92. The number of rotatable bonds is 4. The molecule has 1 heterocycles. The number of ether oxygens (including phenoxy) is 1. The van der Waals surface area contributed by atoms with Gasteiger partial charge in [-0.25, -0.2) is 9.59 Å². The van der Waals surface area contributed by atoms with E-state index in [1.807, 2.05) is 0 Å². The molecule has 0 radical (unpaired) electrons. The molecule has 1 N–H and O–H groups in total. The molecule has 1 aliphatic rings. The number of hydrogen-bond donors (Lipinski definition) is 1. The van der Waals surface area contributed by atoms with Gasteiger partial charge in [-0.15, -0.1) is 0 Å². The molecular weight excluding hydrogens is 274 g/mol. The van der Waals surface area contributed by atoms with Gasteiger partial charge in [0, 0.05) is 12.1 Å². The zero-order valence-electron chi connectivity index (χ0n) is 12.2. The Morgan fingerprint density at radius 1 is 1.33 bits per heavy atom. The van der Waals surface area contributed by atoms with Crippen LogP contribution in [0.2, 0.25) is 0 Å². The van der Waals surface area contributed by atoms with E-state index in [2.05, 4.69) is 5.32 Å². The number of carbonyl (C=O) groups excluding carboxylic acids is 2. The van der Waals surface area contributed by atoms with Crippen molar-refractivity contribution in [3.63, 3.8) is 0 Å². The predicted molar refractivity (Wildman–Crippen MR) is 75.1 cm³/mol. The van der Waals surface area contributed by atoms with E-state index in [9.17, 15) is 14.4 Å². The molecule has 1 aromatic heterocycles. The van der Waals surface area contributed by atoms with E-state index < -0.39 is 11.6 Å². The largest absolute Gasteiger partial charge is 0.452 e. The molecule has 6 heteroatoms. The molecule has 6 nitrogen and oxygen atoms in total. The van der Waals surface area contributed by atoms with Crippen molar-refractivity contribution in [2.45, 2.75) is 45.6 Å². The quantitative estimate of drug-likeness (QED) is 0.850. The van der Waals surface area contributed by atoms with E-state index in [0.29, 0.717) is 5.56 Å². The van der Waals surface area contributed by atoms with Crippen LogP contribution in [0.15, 0.2) is 15.3 Å². The highest BCUT2D eigenvalue weighted by molar-refractivity contribution is 5.93. The SMILES string of the molecule is Cc1cc(=O)oc(C)c1C(=O)OCC(=O)NC1CCCC1. The summed E-state index contributed by atoms with van der Waals surface area (Å²) in [5, 5.41) is 2.83. The van der Waals surface area contributed by atoms with Crippen LogP contribution in [-0.2, 0) is 9.53 Å². The standard InChI is InChI=1S/C15H19NO5/c1-9-7-13(18)21-10(2)14(9)15(19)20-8-12(17)16-11-5-3-4-6-11/h7,11H,3-6,8H2,1-2H3,(H,16,17). The number of nitrogens with one attached hydrogen (secondary N) is 1. The molecule has 0 spiro atoms. The van der Waals surface area contributed by atoms with Crippen LogP contribution in [0, 0.1) is 13.8 Å². The van der Waals surface area contributed by atoms with Gasteiger partial charge in [-0.3, -0.25) is 4.79 Å². The number of carbonyl (C=O) groups is 2. The minimum atomic E-state index is -0.657. The third-order valence-electron chi connectivity index (χ3n) is 3.59. The third-order valence-corrected chi connectivity index (χ3v) is 3.59. The topological polar surface area (TPSA) is 85.6 Å². The average molecular weight is 293 g/mol. The molecule has 114 valence electrons. The molecule has 0 bridgehead atoms. The van der Waals surface area contributed by atoms with Gasteiger partial charge in [0.1, 0.15) is 11.3 Å². The van der Waals surface area contributed by atoms with Crippen molar-refractivity contribution in [1.82, 2.24) is 5.32 Å². The van der Waals surface area contributed by atoms with Crippen molar-refractivity contribution in [2.75, 3.05) is 6.61 Å². The maximum Gasteiger partial charge on any atom is 0.342 e. The molecule has 1 aromatic rings.